The Morgan fingerprint density at radius 1 is 0.877 bits per heavy atom. The minimum atomic E-state index is -0.812. The summed E-state index contributed by atoms with van der Waals surface area (Å²) in [7, 11) is 8.29. The number of hydrogen-bond donors (Lipinski definition) is 3. The molecule has 0 spiro atoms. The summed E-state index contributed by atoms with van der Waals surface area (Å²) in [6.45, 7) is 19.9. The van der Waals surface area contributed by atoms with Gasteiger partial charge in [-0.15, -0.1) is 0 Å². The van der Waals surface area contributed by atoms with Crippen molar-refractivity contribution in [1.82, 2.24) is 30.7 Å². The van der Waals surface area contributed by atoms with Crippen LogP contribution in [0.15, 0.2) is 30.3 Å². The topological polar surface area (TPSA) is 150 Å². The average molecular weight is 801 g/mol. The summed E-state index contributed by atoms with van der Waals surface area (Å²) in [4.78, 5) is 74.8. The van der Waals surface area contributed by atoms with Crippen LogP contribution in [0.5, 0.6) is 0 Å². The predicted molar refractivity (Wildman–Crippen MR) is 225 cm³/mol. The van der Waals surface area contributed by atoms with Crippen molar-refractivity contribution >= 4 is 29.5 Å². The van der Waals surface area contributed by atoms with Gasteiger partial charge in [0.1, 0.15) is 12.1 Å². The molecule has 5 amide bonds. The second-order valence-corrected chi connectivity index (χ2v) is 17.7. The molecular weight excluding hydrogens is 725 g/mol. The molecule has 57 heavy (non-hydrogen) atoms. The Bertz CT molecular complexity index is 1450. The predicted octanol–water partition coefficient (Wildman–Crippen LogP) is 4.28. The summed E-state index contributed by atoms with van der Waals surface area (Å²) < 4.78 is 12.1. The van der Waals surface area contributed by atoms with E-state index in [1.165, 1.54) is 0 Å². The number of nitrogens with one attached hydrogen (secondary N) is 3. The molecule has 0 aromatic heterocycles. The zero-order valence-corrected chi connectivity index (χ0v) is 37.7. The third-order valence-corrected chi connectivity index (χ3v) is 11.6. The lowest BCUT2D eigenvalue weighted by Gasteiger charge is -2.42. The van der Waals surface area contributed by atoms with E-state index in [1.807, 2.05) is 92.6 Å². The summed E-state index contributed by atoms with van der Waals surface area (Å²) in [6, 6.07) is 6.74. The van der Waals surface area contributed by atoms with Crippen molar-refractivity contribution in [3.8, 4) is 0 Å². The first kappa shape index (κ1) is 49.6. The van der Waals surface area contributed by atoms with Gasteiger partial charge in [-0.05, 0) is 64.0 Å². The van der Waals surface area contributed by atoms with E-state index in [9.17, 15) is 24.0 Å². The number of rotatable bonds is 21. The van der Waals surface area contributed by atoms with Crippen LogP contribution in [0.2, 0.25) is 0 Å². The number of carbonyl (C=O) groups excluding carboxylic acids is 5. The van der Waals surface area contributed by atoms with Crippen LogP contribution in [0, 0.1) is 23.7 Å². The highest BCUT2D eigenvalue weighted by molar-refractivity contribution is 5.91. The van der Waals surface area contributed by atoms with Crippen molar-refractivity contribution in [2.75, 3.05) is 41.9 Å². The van der Waals surface area contributed by atoms with Gasteiger partial charge >= 0.3 is 0 Å². The summed E-state index contributed by atoms with van der Waals surface area (Å²) in [6.07, 6.45) is 1.17. The molecule has 0 bridgehead atoms. The first-order valence-electron chi connectivity index (χ1n) is 20.9. The van der Waals surface area contributed by atoms with E-state index in [4.69, 9.17) is 9.47 Å². The molecule has 0 saturated carbocycles. The summed E-state index contributed by atoms with van der Waals surface area (Å²) in [5.74, 6) is -1.98. The fourth-order valence-electron chi connectivity index (χ4n) is 8.33. The Hall–Kier alpha value is -3.55. The molecule has 1 saturated heterocycles. The monoisotopic (exact) mass is 801 g/mol. The molecule has 13 heteroatoms. The zero-order valence-electron chi connectivity index (χ0n) is 37.7. The van der Waals surface area contributed by atoms with Crippen LogP contribution >= 0.6 is 0 Å². The zero-order chi connectivity index (χ0) is 43.4. The molecule has 1 aliphatic rings. The number of hydrogen-bond acceptors (Lipinski definition) is 8. The van der Waals surface area contributed by atoms with E-state index in [2.05, 4.69) is 16.0 Å². The van der Waals surface area contributed by atoms with Crippen LogP contribution in [0.25, 0.3) is 0 Å². The first-order valence-corrected chi connectivity index (χ1v) is 20.9. The highest BCUT2D eigenvalue weighted by Crippen LogP contribution is 2.30. The van der Waals surface area contributed by atoms with Gasteiger partial charge < -0.3 is 40.1 Å². The molecule has 0 radical (unpaired) electrons. The van der Waals surface area contributed by atoms with Crippen LogP contribution in [-0.4, -0.2) is 134 Å². The minimum Gasteiger partial charge on any atom is -0.379 e. The molecule has 3 N–H and O–H groups in total. The largest absolute Gasteiger partial charge is 0.379 e. The standard InChI is InChI=1S/C44H76N6O7/c1-16-29(6)38(49(13)43(55)37(28(4)5)48(12)42(54)36(45-11)27(2)3)34(56-14)26-35(51)50-24-20-23-33(50)39(57-15)30(7)40(52)46-32(41(53)47-44(8,9)10)25-31-21-18-17-19-22-31/h17-19,21-22,27-30,32-34,36-39,45H,16,20,23-26H2,1-15H3,(H,46,52)(H,47,53)/t29-,30+,32-,33-,34+,36-,37-,38-,39+/m0/s1. The van der Waals surface area contributed by atoms with E-state index in [1.54, 1.807) is 57.0 Å². The van der Waals surface area contributed by atoms with Crippen LogP contribution in [0.1, 0.15) is 100 Å². The Morgan fingerprint density at radius 3 is 1.98 bits per heavy atom. The van der Waals surface area contributed by atoms with Crippen LogP contribution in [0.3, 0.4) is 0 Å². The molecule has 1 heterocycles. The summed E-state index contributed by atoms with van der Waals surface area (Å²) in [5.41, 5.74) is 0.424. The second-order valence-electron chi connectivity index (χ2n) is 17.7. The van der Waals surface area contributed by atoms with Crippen molar-refractivity contribution < 1.29 is 33.4 Å². The van der Waals surface area contributed by atoms with Gasteiger partial charge in [-0.2, -0.15) is 0 Å². The van der Waals surface area contributed by atoms with Gasteiger partial charge in [0.15, 0.2) is 0 Å². The van der Waals surface area contributed by atoms with Crippen molar-refractivity contribution in [3.05, 3.63) is 35.9 Å². The minimum absolute atomic E-state index is 0.0130. The highest BCUT2D eigenvalue weighted by Gasteiger charge is 2.44. The van der Waals surface area contributed by atoms with Crippen molar-refractivity contribution in [1.29, 1.82) is 0 Å². The van der Waals surface area contributed by atoms with Gasteiger partial charge in [0, 0.05) is 46.8 Å². The Kier molecular flexibility index (Phi) is 19.6. The Labute approximate surface area is 343 Å². The third-order valence-electron chi connectivity index (χ3n) is 11.6. The molecule has 324 valence electrons. The van der Waals surface area contributed by atoms with Crippen molar-refractivity contribution in [2.24, 2.45) is 23.7 Å². The Morgan fingerprint density at radius 2 is 1.49 bits per heavy atom. The Balaban J connectivity index is 2.34. The maximum atomic E-state index is 14.4. The van der Waals surface area contributed by atoms with E-state index < -0.39 is 47.8 Å². The second kappa shape index (κ2) is 22.6. The molecule has 1 aromatic rings. The van der Waals surface area contributed by atoms with E-state index >= 15 is 0 Å². The third kappa shape index (κ3) is 13.5. The van der Waals surface area contributed by atoms with Gasteiger partial charge in [-0.25, -0.2) is 0 Å². The number of nitrogens with zero attached hydrogens (tertiary/aromatic N) is 3. The molecule has 0 aliphatic carbocycles. The average Bonchev–Trinajstić information content (AvgIpc) is 3.63. The lowest BCUT2D eigenvalue weighted by molar-refractivity contribution is -0.153. The number of ether oxygens (including phenoxy) is 2. The normalized spacial score (nSPS) is 18.9. The fraction of sp³-hybridized carbons (Fsp3) is 0.750. The molecule has 1 fully saturated rings. The van der Waals surface area contributed by atoms with Gasteiger partial charge in [0.25, 0.3) is 0 Å². The van der Waals surface area contributed by atoms with Gasteiger partial charge in [-0.1, -0.05) is 85.2 Å². The molecule has 2 rings (SSSR count). The van der Waals surface area contributed by atoms with E-state index in [0.29, 0.717) is 19.4 Å². The van der Waals surface area contributed by atoms with Crippen LogP contribution in [0.4, 0.5) is 0 Å². The SMILES string of the molecule is CC[C@H](C)[C@@H]([C@@H](CC(=O)N1CCC[C@H]1[C@H](OC)[C@@H](C)C(=O)N[C@@H](Cc1ccccc1)C(=O)NC(C)(C)C)OC)N(C)C(=O)[C@H](C(C)C)N(C)C(=O)[C@@H](NC)C(C)C. The number of likely N-dealkylation sites (N-methyl/N-ethyl adjacent to an activating group) is 3. The number of carbonyl (C=O) groups is 5. The number of methoxy groups -OCH3 is 2. The smallest absolute Gasteiger partial charge is 0.245 e. The highest BCUT2D eigenvalue weighted by atomic mass is 16.5. The molecule has 13 nitrogen and oxygen atoms in total. The summed E-state index contributed by atoms with van der Waals surface area (Å²) >= 11 is 0. The maximum absolute atomic E-state index is 14.4. The van der Waals surface area contributed by atoms with E-state index in [-0.39, 0.29) is 59.8 Å². The van der Waals surface area contributed by atoms with E-state index in [0.717, 1.165) is 18.4 Å². The van der Waals surface area contributed by atoms with Crippen molar-refractivity contribution in [3.63, 3.8) is 0 Å². The van der Waals surface area contributed by atoms with Crippen LogP contribution < -0.4 is 16.0 Å². The maximum Gasteiger partial charge on any atom is 0.245 e. The lowest BCUT2D eigenvalue weighted by atomic mass is 9.89. The lowest BCUT2D eigenvalue weighted by Crippen LogP contribution is -2.60. The fourth-order valence-corrected chi connectivity index (χ4v) is 8.33. The van der Waals surface area contributed by atoms with Gasteiger partial charge in [-0.3, -0.25) is 24.0 Å². The van der Waals surface area contributed by atoms with Gasteiger partial charge in [0.05, 0.1) is 42.7 Å². The van der Waals surface area contributed by atoms with Crippen molar-refractivity contribution in [2.45, 2.75) is 149 Å². The summed E-state index contributed by atoms with van der Waals surface area (Å²) in [5, 5.41) is 9.10. The first-order chi connectivity index (χ1) is 26.6. The quantitative estimate of drug-likeness (QED) is 0.167. The number of likely N-dealkylation sites (tertiary alicyclic amines) is 1. The van der Waals surface area contributed by atoms with Crippen LogP contribution in [-0.2, 0) is 39.9 Å². The number of amides is 5. The molecule has 1 aromatic carbocycles. The molecular formula is C44H76N6O7. The number of benzene rings is 1. The molecule has 9 atom stereocenters. The molecule has 0 unspecified atom stereocenters. The molecule has 1 aliphatic heterocycles. The van der Waals surface area contributed by atoms with Gasteiger partial charge in [0.2, 0.25) is 29.5 Å².